The Hall–Kier alpha value is -0.530. The summed E-state index contributed by atoms with van der Waals surface area (Å²) in [4.78, 5) is 0. The fourth-order valence-electron chi connectivity index (χ4n) is 8.68. The van der Waals surface area contributed by atoms with E-state index in [1.165, 1.54) is 70.6 Å². The van der Waals surface area contributed by atoms with Crippen LogP contribution in [0.4, 0.5) is 0 Å². The molecule has 160 valence electrons. The maximum Gasteiger partial charge on any atom is 0.0574 e. The Kier molecular flexibility index (Phi) is 5.89. The minimum atomic E-state index is 0.508. The average Bonchev–Trinajstić information content (AvgIpc) is 3.01. The summed E-state index contributed by atoms with van der Waals surface area (Å²) >= 11 is 0. The van der Waals surface area contributed by atoms with Crippen molar-refractivity contribution in [2.45, 2.75) is 111 Å². The van der Waals surface area contributed by atoms with E-state index in [0.29, 0.717) is 10.8 Å². The number of nitrogens with zero attached hydrogens (tertiary/aromatic N) is 1. The van der Waals surface area contributed by atoms with E-state index >= 15 is 0 Å². The van der Waals surface area contributed by atoms with Crippen LogP contribution in [0.25, 0.3) is 0 Å². The standard InChI is InChI=1S/C26H45NO/c1-18(2)7-5-6-8-19-10-12-23-22-11-9-20-17-21(27-28)13-15-26(20,4)24(22)14-16-25(19,23)3/h18-20,22-24,28H,5-17H2,1-4H3/b27-21+. The summed E-state index contributed by atoms with van der Waals surface area (Å²) in [5.74, 6) is 5.54. The number of hydrogen-bond acceptors (Lipinski definition) is 2. The van der Waals surface area contributed by atoms with E-state index in [2.05, 4.69) is 32.9 Å². The van der Waals surface area contributed by atoms with Gasteiger partial charge < -0.3 is 5.21 Å². The topological polar surface area (TPSA) is 32.6 Å². The zero-order valence-electron chi connectivity index (χ0n) is 19.1. The van der Waals surface area contributed by atoms with Crippen LogP contribution < -0.4 is 0 Å². The first-order valence-corrected chi connectivity index (χ1v) is 12.6. The quantitative estimate of drug-likeness (QED) is 0.293. The molecule has 2 nitrogen and oxygen atoms in total. The molecular formula is C26H45NO. The molecule has 0 aliphatic heterocycles. The zero-order valence-corrected chi connectivity index (χ0v) is 19.1. The van der Waals surface area contributed by atoms with Crippen molar-refractivity contribution in [2.24, 2.45) is 51.5 Å². The minimum Gasteiger partial charge on any atom is -0.411 e. The molecule has 7 unspecified atom stereocenters. The maximum absolute atomic E-state index is 9.29. The van der Waals surface area contributed by atoms with Gasteiger partial charge in [-0.05, 0) is 111 Å². The molecular weight excluding hydrogens is 342 g/mol. The molecule has 2 heteroatoms. The number of hydrogen-bond donors (Lipinski definition) is 1. The van der Waals surface area contributed by atoms with Crippen molar-refractivity contribution in [1.29, 1.82) is 0 Å². The van der Waals surface area contributed by atoms with Crippen LogP contribution in [0, 0.1) is 46.3 Å². The van der Waals surface area contributed by atoms with E-state index in [1.807, 2.05) is 0 Å². The Morgan fingerprint density at radius 2 is 1.75 bits per heavy atom. The second kappa shape index (κ2) is 7.95. The molecule has 0 aromatic rings. The zero-order chi connectivity index (χ0) is 19.9. The first kappa shape index (κ1) is 20.7. The fraction of sp³-hybridized carbons (Fsp3) is 0.962. The van der Waals surface area contributed by atoms with E-state index in [4.69, 9.17) is 0 Å². The smallest absolute Gasteiger partial charge is 0.0574 e. The van der Waals surface area contributed by atoms with Crippen LogP contribution in [0.5, 0.6) is 0 Å². The lowest BCUT2D eigenvalue weighted by Crippen LogP contribution is -2.53. The summed E-state index contributed by atoms with van der Waals surface area (Å²) in [7, 11) is 0. The maximum atomic E-state index is 9.29. The average molecular weight is 388 g/mol. The highest BCUT2D eigenvalue weighted by atomic mass is 16.4. The van der Waals surface area contributed by atoms with Crippen LogP contribution in [0.3, 0.4) is 0 Å². The highest BCUT2D eigenvalue weighted by molar-refractivity contribution is 5.85. The third-order valence-electron chi connectivity index (χ3n) is 10.4. The Labute approximate surface area is 173 Å². The second-order valence-electron chi connectivity index (χ2n) is 12.0. The third kappa shape index (κ3) is 3.45. The molecule has 0 bridgehead atoms. The molecule has 7 atom stereocenters. The van der Waals surface area contributed by atoms with Crippen molar-refractivity contribution >= 4 is 5.71 Å². The lowest BCUT2D eigenvalue weighted by Gasteiger charge is -2.60. The number of rotatable bonds is 5. The predicted octanol–water partition coefficient (Wildman–Crippen LogP) is 7.69. The summed E-state index contributed by atoms with van der Waals surface area (Å²) in [6, 6.07) is 0. The van der Waals surface area contributed by atoms with Gasteiger partial charge in [0.15, 0.2) is 0 Å². The van der Waals surface area contributed by atoms with E-state index in [0.717, 1.165) is 54.1 Å². The van der Waals surface area contributed by atoms with Gasteiger partial charge in [-0.15, -0.1) is 0 Å². The van der Waals surface area contributed by atoms with Gasteiger partial charge in [-0.25, -0.2) is 0 Å². The fourth-order valence-corrected chi connectivity index (χ4v) is 8.68. The van der Waals surface area contributed by atoms with Gasteiger partial charge in [0.2, 0.25) is 0 Å². The number of oxime groups is 1. The van der Waals surface area contributed by atoms with Crippen molar-refractivity contribution in [3.05, 3.63) is 0 Å². The number of unbranched alkanes of at least 4 members (excludes halogenated alkanes) is 1. The van der Waals surface area contributed by atoms with Gasteiger partial charge in [-0.1, -0.05) is 52.1 Å². The molecule has 0 amide bonds. The summed E-state index contributed by atoms with van der Waals surface area (Å²) in [6.45, 7) is 10.0. The van der Waals surface area contributed by atoms with Gasteiger partial charge in [-0.3, -0.25) is 0 Å². The van der Waals surface area contributed by atoms with Crippen molar-refractivity contribution in [3.8, 4) is 0 Å². The molecule has 0 saturated heterocycles. The van der Waals surface area contributed by atoms with Crippen LogP contribution in [0.1, 0.15) is 111 Å². The molecule has 0 aromatic heterocycles. The van der Waals surface area contributed by atoms with Crippen molar-refractivity contribution < 1.29 is 5.21 Å². The molecule has 0 aromatic carbocycles. The van der Waals surface area contributed by atoms with Gasteiger partial charge in [0.25, 0.3) is 0 Å². The van der Waals surface area contributed by atoms with E-state index in [1.54, 1.807) is 0 Å². The van der Waals surface area contributed by atoms with E-state index in [-0.39, 0.29) is 0 Å². The minimum absolute atomic E-state index is 0.508. The monoisotopic (exact) mass is 387 g/mol. The van der Waals surface area contributed by atoms with Crippen LogP contribution in [-0.4, -0.2) is 10.9 Å². The normalized spacial score (nSPS) is 47.0. The lowest BCUT2D eigenvalue weighted by atomic mass is 9.44. The predicted molar refractivity (Wildman–Crippen MR) is 118 cm³/mol. The Bertz CT molecular complexity index is 583. The molecule has 4 aliphatic rings. The van der Waals surface area contributed by atoms with Gasteiger partial charge in [0.05, 0.1) is 5.71 Å². The summed E-state index contributed by atoms with van der Waals surface area (Å²) in [5.41, 5.74) is 2.21. The van der Waals surface area contributed by atoms with Gasteiger partial charge in [0, 0.05) is 0 Å². The van der Waals surface area contributed by atoms with Gasteiger partial charge in [-0.2, -0.15) is 0 Å². The van der Waals surface area contributed by atoms with E-state index in [9.17, 15) is 5.21 Å². The van der Waals surface area contributed by atoms with E-state index < -0.39 is 0 Å². The van der Waals surface area contributed by atoms with Gasteiger partial charge in [0.1, 0.15) is 0 Å². The molecule has 28 heavy (non-hydrogen) atoms. The molecule has 1 N–H and O–H groups in total. The van der Waals surface area contributed by atoms with Crippen molar-refractivity contribution in [2.75, 3.05) is 0 Å². The first-order valence-electron chi connectivity index (χ1n) is 12.6. The largest absolute Gasteiger partial charge is 0.411 e. The molecule has 4 fully saturated rings. The highest BCUT2D eigenvalue weighted by Gasteiger charge is 2.59. The number of fused-ring (bicyclic) bond motifs is 5. The van der Waals surface area contributed by atoms with Crippen LogP contribution >= 0.6 is 0 Å². The summed E-state index contributed by atoms with van der Waals surface area (Å²) < 4.78 is 0. The lowest BCUT2D eigenvalue weighted by molar-refractivity contribution is -0.101. The van der Waals surface area contributed by atoms with Crippen LogP contribution in [-0.2, 0) is 0 Å². The Morgan fingerprint density at radius 1 is 0.964 bits per heavy atom. The SMILES string of the molecule is CC(C)CCCCC1CCC2C3CCC4C/C(=N/O)CCC4(C)C3CCC12C. The second-order valence-corrected chi connectivity index (χ2v) is 12.0. The Morgan fingerprint density at radius 3 is 2.50 bits per heavy atom. The van der Waals surface area contributed by atoms with Gasteiger partial charge >= 0.3 is 0 Å². The van der Waals surface area contributed by atoms with Crippen LogP contribution in [0.15, 0.2) is 5.16 Å². The van der Waals surface area contributed by atoms with Crippen LogP contribution in [0.2, 0.25) is 0 Å². The molecule has 0 heterocycles. The molecule has 4 aliphatic carbocycles. The summed E-state index contributed by atoms with van der Waals surface area (Å²) in [6.07, 6.45) is 18.0. The molecule has 0 radical (unpaired) electrons. The Balaban J connectivity index is 1.43. The third-order valence-corrected chi connectivity index (χ3v) is 10.4. The summed E-state index contributed by atoms with van der Waals surface area (Å²) in [5, 5.41) is 12.9. The van der Waals surface area contributed by atoms with Crippen molar-refractivity contribution in [3.63, 3.8) is 0 Å². The molecule has 4 rings (SSSR count). The molecule has 0 spiro atoms. The first-order chi connectivity index (χ1) is 13.4. The highest BCUT2D eigenvalue weighted by Crippen LogP contribution is 2.67. The van der Waals surface area contributed by atoms with Crippen molar-refractivity contribution in [1.82, 2.24) is 0 Å². The molecule has 4 saturated carbocycles.